The van der Waals surface area contributed by atoms with Crippen LogP contribution < -0.4 is 21.1 Å². The summed E-state index contributed by atoms with van der Waals surface area (Å²) in [5, 5.41) is 15.9. The van der Waals surface area contributed by atoms with Crippen LogP contribution in [-0.4, -0.2) is 45.5 Å². The molecule has 3 rings (SSSR count). The molecular weight excluding hydrogens is 560 g/mol. The van der Waals surface area contributed by atoms with Crippen molar-refractivity contribution in [1.82, 2.24) is 14.9 Å². The van der Waals surface area contributed by atoms with E-state index >= 15 is 0 Å². The van der Waals surface area contributed by atoms with Gasteiger partial charge in [0, 0.05) is 6.20 Å². The van der Waals surface area contributed by atoms with Crippen LogP contribution in [0.4, 0.5) is 16.3 Å². The lowest BCUT2D eigenvalue weighted by atomic mass is 10.2. The van der Waals surface area contributed by atoms with Gasteiger partial charge in [-0.05, 0) is 54.4 Å². The molecule has 0 atom stereocenters. The molecule has 0 aliphatic carbocycles. The zero-order valence-corrected chi connectivity index (χ0v) is 22.8. The van der Waals surface area contributed by atoms with Gasteiger partial charge in [0.2, 0.25) is 0 Å². The van der Waals surface area contributed by atoms with Crippen LogP contribution in [0.3, 0.4) is 0 Å². The first-order chi connectivity index (χ1) is 18.0. The highest BCUT2D eigenvalue weighted by Crippen LogP contribution is 2.36. The van der Waals surface area contributed by atoms with Crippen molar-refractivity contribution < 1.29 is 28.9 Å². The lowest BCUT2D eigenvalue weighted by Gasteiger charge is -2.20. The summed E-state index contributed by atoms with van der Waals surface area (Å²) in [6, 6.07) is 13.9. The summed E-state index contributed by atoms with van der Waals surface area (Å²) in [5.74, 6) is -0.368. The van der Waals surface area contributed by atoms with E-state index in [1.54, 1.807) is 32.9 Å². The fourth-order valence-electron chi connectivity index (χ4n) is 3.15. The first-order valence-electron chi connectivity index (χ1n) is 11.7. The Morgan fingerprint density at radius 2 is 1.84 bits per heavy atom. The van der Waals surface area contributed by atoms with E-state index in [2.05, 4.69) is 31.5 Å². The van der Waals surface area contributed by atoms with Gasteiger partial charge in [-0.15, -0.1) is 0 Å². The fraction of sp³-hybridized carbons (Fsp3) is 0.308. The van der Waals surface area contributed by atoms with Gasteiger partial charge >= 0.3 is 17.8 Å². The first-order valence-corrected chi connectivity index (χ1v) is 12.5. The monoisotopic (exact) mass is 588 g/mol. The summed E-state index contributed by atoms with van der Waals surface area (Å²) < 4.78 is 17.6. The average Bonchev–Trinajstić information content (AvgIpc) is 2.84. The van der Waals surface area contributed by atoms with Crippen LogP contribution in [0.2, 0.25) is 0 Å². The molecule has 0 bridgehead atoms. The Kier molecular flexibility index (Phi) is 9.72. The molecule has 0 spiro atoms. The highest BCUT2D eigenvalue weighted by Gasteiger charge is 2.19. The van der Waals surface area contributed by atoms with Gasteiger partial charge in [0.05, 0.1) is 11.0 Å². The maximum atomic E-state index is 12.5. The molecule has 12 heteroatoms. The van der Waals surface area contributed by atoms with Gasteiger partial charge in [-0.2, -0.15) is 4.98 Å². The molecule has 0 radical (unpaired) electrons. The zero-order valence-electron chi connectivity index (χ0n) is 21.2. The number of para-hydroxylation sites is 1. The van der Waals surface area contributed by atoms with Crippen LogP contribution in [0, 0.1) is 0 Å². The summed E-state index contributed by atoms with van der Waals surface area (Å²) in [5.41, 5.74) is -0.354. The van der Waals surface area contributed by atoms with Gasteiger partial charge in [0.15, 0.2) is 5.82 Å². The maximum Gasteiger partial charge on any atom is 0.407 e. The van der Waals surface area contributed by atoms with Crippen molar-refractivity contribution in [1.29, 1.82) is 0 Å². The highest BCUT2D eigenvalue weighted by atomic mass is 79.9. The molecule has 3 aromatic rings. The minimum absolute atomic E-state index is 0.0741. The van der Waals surface area contributed by atoms with Gasteiger partial charge in [0.1, 0.15) is 42.5 Å². The summed E-state index contributed by atoms with van der Waals surface area (Å²) in [6.07, 6.45) is 0.805. The van der Waals surface area contributed by atoms with Gasteiger partial charge in [-0.3, -0.25) is 9.36 Å². The predicted molar refractivity (Wildman–Crippen MR) is 144 cm³/mol. The third-order valence-electron chi connectivity index (χ3n) is 4.76. The number of benzene rings is 2. The Balaban J connectivity index is 1.59. The molecule has 0 saturated heterocycles. The molecule has 202 valence electrons. The summed E-state index contributed by atoms with van der Waals surface area (Å²) >= 11 is 3.33. The van der Waals surface area contributed by atoms with Crippen molar-refractivity contribution in [2.75, 3.05) is 18.5 Å². The van der Waals surface area contributed by atoms with Crippen LogP contribution >= 0.6 is 15.9 Å². The second-order valence-corrected chi connectivity index (χ2v) is 9.90. The number of hydrogen-bond donors (Lipinski definition) is 3. The van der Waals surface area contributed by atoms with Crippen LogP contribution in [0.1, 0.15) is 26.3 Å². The number of carbonyl (C=O) groups excluding carboxylic acids is 2. The number of esters is 1. The third-order valence-corrected chi connectivity index (χ3v) is 5.34. The second kappa shape index (κ2) is 13.0. The number of nitrogens with one attached hydrogen (secondary N) is 2. The molecule has 1 heterocycles. The Hall–Kier alpha value is -4.06. The highest BCUT2D eigenvalue weighted by molar-refractivity contribution is 9.10. The number of hydrogen-bond acceptors (Lipinski definition) is 9. The first kappa shape index (κ1) is 28.5. The van der Waals surface area contributed by atoms with Crippen molar-refractivity contribution in [2.45, 2.75) is 39.5 Å². The number of ether oxygens (including phenoxy) is 3. The number of aromatic hydroxyl groups is 1. The molecule has 2 aromatic carbocycles. The number of rotatable bonds is 10. The average molecular weight is 589 g/mol. The van der Waals surface area contributed by atoms with Crippen LogP contribution in [0.5, 0.6) is 11.5 Å². The molecule has 3 N–H and O–H groups in total. The standard InChI is InChI=1S/C26H29BrN4O7/c1-26(2,3)38-21(33)15-31-14-18(27)23(30-24(31)34)29-22-19(32)10-7-11-20(22)36-13-12-28-25(35)37-16-17-8-5-4-6-9-17/h4-11,14,32H,12-13,15-16H2,1-3H3,(H,28,35)(H,29,30,34). The number of phenols is 1. The SMILES string of the molecule is CC(C)(C)OC(=O)Cn1cc(Br)c(Nc2c(O)cccc2OCCNC(=O)OCc2ccccc2)nc1=O. The Morgan fingerprint density at radius 3 is 2.55 bits per heavy atom. The van der Waals surface area contributed by atoms with Gasteiger partial charge in [-0.1, -0.05) is 36.4 Å². The third kappa shape index (κ3) is 8.80. The normalized spacial score (nSPS) is 10.9. The van der Waals surface area contributed by atoms with E-state index in [0.29, 0.717) is 4.47 Å². The maximum absolute atomic E-state index is 12.5. The largest absolute Gasteiger partial charge is 0.506 e. The van der Waals surface area contributed by atoms with E-state index in [1.165, 1.54) is 12.3 Å². The van der Waals surface area contributed by atoms with E-state index in [0.717, 1.165) is 10.1 Å². The van der Waals surface area contributed by atoms with E-state index in [-0.39, 0.29) is 49.3 Å². The minimum Gasteiger partial charge on any atom is -0.506 e. The molecule has 0 unspecified atom stereocenters. The molecule has 0 saturated carbocycles. The van der Waals surface area contributed by atoms with Crippen molar-refractivity contribution in [3.63, 3.8) is 0 Å². The summed E-state index contributed by atoms with van der Waals surface area (Å²) in [4.78, 5) is 40.5. The molecular formula is C26H29BrN4O7. The number of amides is 1. The lowest BCUT2D eigenvalue weighted by Crippen LogP contribution is -2.31. The molecule has 0 fully saturated rings. The number of nitrogens with zero attached hydrogens (tertiary/aromatic N) is 2. The van der Waals surface area contributed by atoms with Gasteiger partial charge in [-0.25, -0.2) is 9.59 Å². The van der Waals surface area contributed by atoms with Crippen molar-refractivity contribution >= 4 is 39.5 Å². The Morgan fingerprint density at radius 1 is 1.11 bits per heavy atom. The van der Waals surface area contributed by atoms with Crippen LogP contribution in [-0.2, 0) is 27.4 Å². The molecule has 1 aromatic heterocycles. The van der Waals surface area contributed by atoms with Gasteiger partial charge in [0.25, 0.3) is 0 Å². The molecule has 38 heavy (non-hydrogen) atoms. The molecule has 0 aliphatic rings. The number of aromatic nitrogens is 2. The van der Waals surface area contributed by atoms with Gasteiger partial charge < -0.3 is 30.0 Å². The second-order valence-electron chi connectivity index (χ2n) is 9.05. The van der Waals surface area contributed by atoms with Crippen molar-refractivity contribution in [3.8, 4) is 11.5 Å². The van der Waals surface area contributed by atoms with Crippen LogP contribution in [0.15, 0.2) is 64.0 Å². The quantitative estimate of drug-likeness (QED) is 0.181. The van der Waals surface area contributed by atoms with E-state index in [9.17, 15) is 19.5 Å². The van der Waals surface area contributed by atoms with E-state index in [1.807, 2.05) is 30.3 Å². The Labute approximate surface area is 227 Å². The smallest absolute Gasteiger partial charge is 0.407 e. The number of anilines is 2. The zero-order chi connectivity index (χ0) is 27.7. The van der Waals surface area contributed by atoms with E-state index < -0.39 is 23.4 Å². The number of carbonyl (C=O) groups is 2. The lowest BCUT2D eigenvalue weighted by molar-refractivity contribution is -0.155. The fourth-order valence-corrected chi connectivity index (χ4v) is 3.59. The molecule has 1 amide bonds. The number of phenolic OH excluding ortho intramolecular Hbond substituents is 1. The summed E-state index contributed by atoms with van der Waals surface area (Å²) in [7, 11) is 0. The number of halogens is 1. The van der Waals surface area contributed by atoms with Crippen molar-refractivity contribution in [3.05, 3.63) is 75.2 Å². The molecule has 11 nitrogen and oxygen atoms in total. The topological polar surface area (TPSA) is 141 Å². The predicted octanol–water partition coefficient (Wildman–Crippen LogP) is 4.10. The Bertz CT molecular complexity index is 1320. The van der Waals surface area contributed by atoms with E-state index in [4.69, 9.17) is 14.2 Å². The van der Waals surface area contributed by atoms with Crippen molar-refractivity contribution in [2.24, 2.45) is 0 Å². The van der Waals surface area contributed by atoms with Crippen LogP contribution in [0.25, 0.3) is 0 Å². The molecule has 0 aliphatic heterocycles. The number of alkyl carbamates (subject to hydrolysis) is 1. The summed E-state index contributed by atoms with van der Waals surface area (Å²) in [6.45, 7) is 5.24. The minimum atomic E-state index is -0.697.